The first-order chi connectivity index (χ1) is 6.27. The van der Waals surface area contributed by atoms with Crippen LogP contribution in [0.25, 0.3) is 0 Å². The maximum absolute atomic E-state index is 2.56. The summed E-state index contributed by atoms with van der Waals surface area (Å²) < 4.78 is 0. The van der Waals surface area contributed by atoms with E-state index in [0.29, 0.717) is 0 Å². The average Bonchev–Trinajstić information content (AvgIpc) is 2.58. The Morgan fingerprint density at radius 2 is 1.77 bits per heavy atom. The third-order valence-corrected chi connectivity index (χ3v) is 2.70. The largest absolute Gasteiger partial charge is 0.305 e. The van der Waals surface area contributed by atoms with E-state index in [2.05, 4.69) is 30.7 Å². The molecule has 13 heavy (non-hydrogen) atoms. The van der Waals surface area contributed by atoms with Crippen LogP contribution in [-0.2, 0) is 0 Å². The fourth-order valence-corrected chi connectivity index (χ4v) is 1.95. The summed E-state index contributed by atoms with van der Waals surface area (Å²) in [5, 5.41) is 0. The van der Waals surface area contributed by atoms with E-state index < -0.39 is 0 Å². The van der Waals surface area contributed by atoms with E-state index in [4.69, 9.17) is 0 Å². The molecule has 0 radical (unpaired) electrons. The predicted octanol–water partition coefficient (Wildman–Crippen LogP) is 2.06. The Hall–Kier alpha value is -0.0800. The zero-order chi connectivity index (χ0) is 10.3. The van der Waals surface area contributed by atoms with E-state index in [-0.39, 0.29) is 0 Å². The molecule has 1 saturated heterocycles. The first-order valence-electron chi connectivity index (χ1n) is 5.70. The van der Waals surface area contributed by atoms with Crippen LogP contribution < -0.4 is 0 Å². The van der Waals surface area contributed by atoms with Crippen molar-refractivity contribution >= 4 is 0 Å². The van der Waals surface area contributed by atoms with Crippen LogP contribution in [0, 0.1) is 0 Å². The van der Waals surface area contributed by atoms with Crippen LogP contribution in [0.4, 0.5) is 0 Å². The topological polar surface area (TPSA) is 6.48 Å². The van der Waals surface area contributed by atoms with Crippen molar-refractivity contribution in [2.75, 3.05) is 33.2 Å². The lowest BCUT2D eigenvalue weighted by Crippen LogP contribution is -2.36. The summed E-state index contributed by atoms with van der Waals surface area (Å²) in [7, 11) is 2.21. The molecule has 1 heterocycles. The maximum Gasteiger partial charge on any atom is 0.0234 e. The smallest absolute Gasteiger partial charge is 0.0234 e. The number of hydrogen-bond acceptors (Lipinski definition) is 2. The Kier molecular flexibility index (Phi) is 7.29. The molecule has 0 aliphatic carbocycles. The van der Waals surface area contributed by atoms with Crippen molar-refractivity contribution in [1.82, 2.24) is 9.80 Å². The number of rotatable bonds is 3. The van der Waals surface area contributed by atoms with Crippen molar-refractivity contribution in [2.24, 2.45) is 0 Å². The lowest BCUT2D eigenvalue weighted by Gasteiger charge is -2.25. The number of nitrogens with zero attached hydrogens (tertiary/aromatic N) is 2. The van der Waals surface area contributed by atoms with E-state index in [9.17, 15) is 0 Å². The molecule has 0 spiro atoms. The minimum absolute atomic E-state index is 0.829. The molecule has 1 atom stereocenters. The summed E-state index contributed by atoms with van der Waals surface area (Å²) in [5.74, 6) is 0. The molecule has 80 valence electrons. The van der Waals surface area contributed by atoms with Crippen LogP contribution in [0.2, 0.25) is 0 Å². The molecule has 0 aromatic carbocycles. The molecule has 1 rings (SSSR count). The van der Waals surface area contributed by atoms with Gasteiger partial charge >= 0.3 is 0 Å². The third-order valence-electron chi connectivity index (χ3n) is 2.70. The van der Waals surface area contributed by atoms with Gasteiger partial charge in [0.25, 0.3) is 0 Å². The van der Waals surface area contributed by atoms with Gasteiger partial charge in [0.05, 0.1) is 0 Å². The number of likely N-dealkylation sites (tertiary alicyclic amines) is 1. The molecule has 2 nitrogen and oxygen atoms in total. The summed E-state index contributed by atoms with van der Waals surface area (Å²) in [5.41, 5.74) is 0. The highest BCUT2D eigenvalue weighted by molar-refractivity contribution is 4.80. The molecule has 1 fully saturated rings. The summed E-state index contributed by atoms with van der Waals surface area (Å²) in [4.78, 5) is 4.98. The Labute approximate surface area is 83.9 Å². The number of hydrogen-bond donors (Lipinski definition) is 0. The second-order valence-electron chi connectivity index (χ2n) is 3.43. The predicted molar refractivity (Wildman–Crippen MR) is 60.2 cm³/mol. The fraction of sp³-hybridized carbons (Fsp3) is 1.00. The highest BCUT2D eigenvalue weighted by Crippen LogP contribution is 2.12. The lowest BCUT2D eigenvalue weighted by molar-refractivity contribution is 0.218. The van der Waals surface area contributed by atoms with E-state index in [1.807, 2.05) is 13.8 Å². The molecule has 0 bridgehead atoms. The molecule has 1 aliphatic rings. The first kappa shape index (κ1) is 12.9. The molecular formula is C11H26N2. The van der Waals surface area contributed by atoms with Gasteiger partial charge in [-0.15, -0.1) is 0 Å². The summed E-state index contributed by atoms with van der Waals surface area (Å²) in [6.07, 6.45) is 1.36. The summed E-state index contributed by atoms with van der Waals surface area (Å²) in [6, 6.07) is 0.829. The molecular weight excluding hydrogens is 160 g/mol. The molecule has 0 unspecified atom stereocenters. The second-order valence-corrected chi connectivity index (χ2v) is 3.43. The molecule has 0 N–H and O–H groups in total. The van der Waals surface area contributed by atoms with Gasteiger partial charge in [-0.3, -0.25) is 4.90 Å². The van der Waals surface area contributed by atoms with Gasteiger partial charge in [0.15, 0.2) is 0 Å². The highest BCUT2D eigenvalue weighted by Gasteiger charge is 2.23. The molecule has 0 aromatic heterocycles. The van der Waals surface area contributed by atoms with Crippen molar-refractivity contribution in [1.29, 1.82) is 0 Å². The van der Waals surface area contributed by atoms with Gasteiger partial charge in [-0.2, -0.15) is 0 Å². The van der Waals surface area contributed by atoms with Crippen molar-refractivity contribution in [3.05, 3.63) is 0 Å². The zero-order valence-electron chi connectivity index (χ0n) is 10.0. The van der Waals surface area contributed by atoms with Gasteiger partial charge in [-0.25, -0.2) is 0 Å². The van der Waals surface area contributed by atoms with E-state index in [0.717, 1.165) is 6.04 Å². The Balaban J connectivity index is 0.000000671. The Morgan fingerprint density at radius 1 is 1.23 bits per heavy atom. The monoisotopic (exact) mass is 186 g/mol. The Morgan fingerprint density at radius 3 is 2.08 bits per heavy atom. The minimum Gasteiger partial charge on any atom is -0.305 e. The minimum atomic E-state index is 0.829. The molecule has 2 heteroatoms. The van der Waals surface area contributed by atoms with Gasteiger partial charge in [0.1, 0.15) is 0 Å². The van der Waals surface area contributed by atoms with Crippen LogP contribution in [0.15, 0.2) is 0 Å². The van der Waals surface area contributed by atoms with Crippen LogP contribution in [0.1, 0.15) is 34.1 Å². The maximum atomic E-state index is 2.56. The van der Waals surface area contributed by atoms with E-state index in [1.54, 1.807) is 0 Å². The van der Waals surface area contributed by atoms with Crippen molar-refractivity contribution < 1.29 is 0 Å². The lowest BCUT2D eigenvalue weighted by atomic mass is 10.2. The SMILES string of the molecule is CC.CCN(CC)[C@@H]1CCN(C)C1. The Bertz CT molecular complexity index is 111. The van der Waals surface area contributed by atoms with Gasteiger partial charge in [0, 0.05) is 12.6 Å². The normalized spacial score (nSPS) is 23.1. The molecule has 0 amide bonds. The molecule has 0 saturated carbocycles. The zero-order valence-corrected chi connectivity index (χ0v) is 10.0. The standard InChI is InChI=1S/C9H20N2.C2H6/c1-4-11(5-2)9-6-7-10(3)8-9;1-2/h9H,4-8H2,1-3H3;1-2H3/t9-;/m1./s1. The van der Waals surface area contributed by atoms with Crippen molar-refractivity contribution in [2.45, 2.75) is 40.2 Å². The fourth-order valence-electron chi connectivity index (χ4n) is 1.95. The third kappa shape index (κ3) is 4.10. The average molecular weight is 186 g/mol. The summed E-state index contributed by atoms with van der Waals surface area (Å²) >= 11 is 0. The highest BCUT2D eigenvalue weighted by atomic mass is 15.2. The quantitative estimate of drug-likeness (QED) is 0.665. The van der Waals surface area contributed by atoms with Crippen LogP contribution in [-0.4, -0.2) is 49.1 Å². The second kappa shape index (κ2) is 7.34. The van der Waals surface area contributed by atoms with Crippen molar-refractivity contribution in [3.8, 4) is 0 Å². The van der Waals surface area contributed by atoms with Crippen LogP contribution >= 0.6 is 0 Å². The van der Waals surface area contributed by atoms with Crippen LogP contribution in [0.3, 0.4) is 0 Å². The first-order valence-corrected chi connectivity index (χ1v) is 5.70. The van der Waals surface area contributed by atoms with E-state index in [1.165, 1.54) is 32.6 Å². The van der Waals surface area contributed by atoms with Gasteiger partial charge < -0.3 is 4.90 Å². The molecule has 1 aliphatic heterocycles. The van der Waals surface area contributed by atoms with E-state index >= 15 is 0 Å². The van der Waals surface area contributed by atoms with Crippen LogP contribution in [0.5, 0.6) is 0 Å². The molecule has 0 aromatic rings. The van der Waals surface area contributed by atoms with Gasteiger partial charge in [0.2, 0.25) is 0 Å². The van der Waals surface area contributed by atoms with Gasteiger partial charge in [-0.1, -0.05) is 27.7 Å². The summed E-state index contributed by atoms with van der Waals surface area (Å²) in [6.45, 7) is 13.5. The number of likely N-dealkylation sites (N-methyl/N-ethyl adjacent to an activating group) is 2. The van der Waals surface area contributed by atoms with Gasteiger partial charge in [-0.05, 0) is 33.1 Å². The van der Waals surface area contributed by atoms with Crippen molar-refractivity contribution in [3.63, 3.8) is 0 Å².